The van der Waals surface area contributed by atoms with Gasteiger partial charge < -0.3 is 10.0 Å². The summed E-state index contributed by atoms with van der Waals surface area (Å²) in [6, 6.07) is 18.1. The zero-order valence-electron chi connectivity index (χ0n) is 15.8. The molecule has 2 aliphatic carbocycles. The van der Waals surface area contributed by atoms with Gasteiger partial charge in [0.1, 0.15) is 5.60 Å². The van der Waals surface area contributed by atoms with Crippen molar-refractivity contribution in [3.8, 4) is 0 Å². The van der Waals surface area contributed by atoms with E-state index in [1.165, 1.54) is 28.7 Å². The first-order chi connectivity index (χ1) is 13.7. The largest absolute Gasteiger partial charge is 0.384 e. The summed E-state index contributed by atoms with van der Waals surface area (Å²) >= 11 is 1.57. The Morgan fingerprint density at radius 3 is 2.25 bits per heavy atom. The molecule has 0 atom stereocenters. The first-order valence-electron chi connectivity index (χ1n) is 10.2. The van der Waals surface area contributed by atoms with E-state index in [9.17, 15) is 5.11 Å². The Labute approximate surface area is 169 Å². The van der Waals surface area contributed by atoms with Gasteiger partial charge in [-0.15, -0.1) is 11.3 Å². The Hall–Kier alpha value is -2.01. The summed E-state index contributed by atoms with van der Waals surface area (Å²) in [5, 5.41) is 11.1. The van der Waals surface area contributed by atoms with Gasteiger partial charge in [0.05, 0.1) is 10.4 Å². The number of rotatable bonds is 3. The number of nitrogens with zero attached hydrogens (tertiary/aromatic N) is 2. The van der Waals surface area contributed by atoms with Crippen LogP contribution in [0.5, 0.6) is 0 Å². The maximum Gasteiger partial charge on any atom is 0.103 e. The maximum absolute atomic E-state index is 11.1. The number of benzene rings is 2. The van der Waals surface area contributed by atoms with Crippen molar-refractivity contribution in [1.29, 1.82) is 0 Å². The first kappa shape index (κ1) is 16.9. The molecule has 142 valence electrons. The Bertz CT molecular complexity index is 973. The van der Waals surface area contributed by atoms with Gasteiger partial charge in [0, 0.05) is 37.2 Å². The Morgan fingerprint density at radius 2 is 1.64 bits per heavy atom. The van der Waals surface area contributed by atoms with Crippen LogP contribution in [0.1, 0.15) is 52.3 Å². The second-order valence-electron chi connectivity index (χ2n) is 8.69. The topological polar surface area (TPSA) is 36.4 Å². The van der Waals surface area contributed by atoms with Crippen molar-refractivity contribution in [1.82, 2.24) is 9.88 Å². The molecule has 1 aromatic heterocycles. The summed E-state index contributed by atoms with van der Waals surface area (Å²) in [5.41, 5.74) is 7.35. The number of piperidine rings is 1. The van der Waals surface area contributed by atoms with Crippen LogP contribution in [0.2, 0.25) is 0 Å². The number of fused-ring (bicyclic) bond motifs is 8. The van der Waals surface area contributed by atoms with E-state index in [2.05, 4.69) is 58.4 Å². The monoisotopic (exact) mass is 388 g/mol. The normalized spacial score (nSPS) is 27.5. The van der Waals surface area contributed by atoms with Gasteiger partial charge in [0.2, 0.25) is 0 Å². The smallest absolute Gasteiger partial charge is 0.103 e. The second kappa shape index (κ2) is 5.99. The van der Waals surface area contributed by atoms with E-state index in [1.807, 2.05) is 11.7 Å². The molecule has 0 saturated carbocycles. The Morgan fingerprint density at radius 1 is 1.00 bits per heavy atom. The van der Waals surface area contributed by atoms with Crippen molar-refractivity contribution in [2.45, 2.75) is 36.2 Å². The number of hydrogen-bond acceptors (Lipinski definition) is 4. The third kappa shape index (κ3) is 2.25. The van der Waals surface area contributed by atoms with Crippen LogP contribution in [0.15, 0.2) is 60.2 Å². The van der Waals surface area contributed by atoms with E-state index in [0.29, 0.717) is 5.92 Å². The van der Waals surface area contributed by atoms with Crippen molar-refractivity contribution in [2.75, 3.05) is 19.6 Å². The Kier molecular flexibility index (Phi) is 3.62. The molecule has 0 spiro atoms. The molecule has 2 aromatic carbocycles. The van der Waals surface area contributed by atoms with Gasteiger partial charge in [-0.1, -0.05) is 48.5 Å². The highest BCUT2D eigenvalue weighted by atomic mass is 32.1. The van der Waals surface area contributed by atoms with Crippen LogP contribution >= 0.6 is 11.3 Å². The number of aromatic nitrogens is 1. The standard InChI is InChI=1S/C24H24N2OS/c27-24(22-14-25-16-28-22)9-11-26(12-10-24)15-23-13-19(17-5-1-3-7-20(17)23)18-6-2-4-8-21(18)23/h1-8,14,16,19,27H,9-13,15H2. The first-order valence-corrected chi connectivity index (χ1v) is 11.1. The third-order valence-electron chi connectivity index (χ3n) is 7.32. The fourth-order valence-corrected chi connectivity index (χ4v) is 6.74. The van der Waals surface area contributed by atoms with Gasteiger partial charge in [-0.05, 0) is 41.5 Å². The minimum atomic E-state index is -0.695. The third-order valence-corrected chi connectivity index (χ3v) is 8.29. The predicted octanol–water partition coefficient (Wildman–Crippen LogP) is 4.26. The van der Waals surface area contributed by atoms with E-state index < -0.39 is 5.60 Å². The lowest BCUT2D eigenvalue weighted by atomic mass is 9.74. The summed E-state index contributed by atoms with van der Waals surface area (Å²) in [6.45, 7) is 2.92. The van der Waals surface area contributed by atoms with Crippen LogP contribution in [-0.4, -0.2) is 34.6 Å². The molecule has 4 heteroatoms. The van der Waals surface area contributed by atoms with Crippen LogP contribution in [0.4, 0.5) is 0 Å². The fraction of sp³-hybridized carbons (Fsp3) is 0.375. The van der Waals surface area contributed by atoms with Gasteiger partial charge >= 0.3 is 0 Å². The molecule has 3 aromatic rings. The molecular weight excluding hydrogens is 364 g/mol. The van der Waals surface area contributed by atoms with Crippen molar-refractivity contribution >= 4 is 11.3 Å². The van der Waals surface area contributed by atoms with Crippen LogP contribution in [0.3, 0.4) is 0 Å². The van der Waals surface area contributed by atoms with Crippen LogP contribution in [0, 0.1) is 0 Å². The molecule has 0 unspecified atom stereocenters. The predicted molar refractivity (Wildman–Crippen MR) is 112 cm³/mol. The quantitative estimate of drug-likeness (QED) is 0.728. The van der Waals surface area contributed by atoms with Crippen molar-refractivity contribution in [2.24, 2.45) is 0 Å². The van der Waals surface area contributed by atoms with E-state index in [4.69, 9.17) is 0 Å². The highest BCUT2D eigenvalue weighted by Crippen LogP contribution is 2.60. The average molecular weight is 389 g/mol. The van der Waals surface area contributed by atoms with E-state index >= 15 is 0 Å². The number of likely N-dealkylation sites (tertiary alicyclic amines) is 1. The molecule has 1 N–H and O–H groups in total. The molecule has 1 aliphatic heterocycles. The van der Waals surface area contributed by atoms with Gasteiger partial charge in [-0.25, -0.2) is 0 Å². The zero-order valence-corrected chi connectivity index (χ0v) is 16.7. The summed E-state index contributed by atoms with van der Waals surface area (Å²) in [5.74, 6) is 0.548. The number of hydrogen-bond donors (Lipinski definition) is 1. The highest BCUT2D eigenvalue weighted by Gasteiger charge is 2.53. The maximum atomic E-state index is 11.1. The van der Waals surface area contributed by atoms with Gasteiger partial charge in [0.25, 0.3) is 0 Å². The van der Waals surface area contributed by atoms with Crippen LogP contribution in [0.25, 0.3) is 0 Å². The average Bonchev–Trinajstić information content (AvgIpc) is 3.45. The molecule has 2 bridgehead atoms. The lowest BCUT2D eigenvalue weighted by Gasteiger charge is -2.42. The molecule has 0 amide bonds. The molecule has 3 aliphatic rings. The number of aliphatic hydroxyl groups is 1. The lowest BCUT2D eigenvalue weighted by Crippen LogP contribution is -2.47. The summed E-state index contributed by atoms with van der Waals surface area (Å²) in [6.07, 6.45) is 4.61. The fourth-order valence-electron chi connectivity index (χ4n) is 5.96. The minimum absolute atomic E-state index is 0.109. The van der Waals surface area contributed by atoms with E-state index in [-0.39, 0.29) is 5.41 Å². The Balaban J connectivity index is 1.31. The molecular formula is C24H24N2OS. The van der Waals surface area contributed by atoms with E-state index in [1.54, 1.807) is 11.3 Å². The number of thiazole rings is 1. The van der Waals surface area contributed by atoms with Gasteiger partial charge in [-0.2, -0.15) is 0 Å². The van der Waals surface area contributed by atoms with Crippen LogP contribution in [-0.2, 0) is 11.0 Å². The summed E-state index contributed by atoms with van der Waals surface area (Å²) in [4.78, 5) is 7.77. The summed E-state index contributed by atoms with van der Waals surface area (Å²) in [7, 11) is 0. The molecule has 6 rings (SSSR count). The minimum Gasteiger partial charge on any atom is -0.384 e. The zero-order chi connectivity index (χ0) is 18.8. The molecule has 28 heavy (non-hydrogen) atoms. The van der Waals surface area contributed by atoms with Gasteiger partial charge in [-0.3, -0.25) is 4.98 Å². The van der Waals surface area contributed by atoms with E-state index in [0.717, 1.165) is 37.4 Å². The summed E-state index contributed by atoms with van der Waals surface area (Å²) < 4.78 is 0. The van der Waals surface area contributed by atoms with Crippen LogP contribution < -0.4 is 0 Å². The molecule has 1 fully saturated rings. The lowest BCUT2D eigenvalue weighted by molar-refractivity contribution is -0.0262. The highest BCUT2D eigenvalue weighted by molar-refractivity contribution is 7.09. The SMILES string of the molecule is OC1(c2cncs2)CCN(CC23CC(c4ccccc42)c2ccccc23)CC1. The molecule has 3 nitrogen and oxygen atoms in total. The second-order valence-corrected chi connectivity index (χ2v) is 9.57. The van der Waals surface area contributed by atoms with Gasteiger partial charge in [0.15, 0.2) is 0 Å². The molecule has 1 saturated heterocycles. The molecule has 2 heterocycles. The molecule has 0 radical (unpaired) electrons. The van der Waals surface area contributed by atoms with Crippen molar-refractivity contribution < 1.29 is 5.11 Å². The van der Waals surface area contributed by atoms with Crippen molar-refractivity contribution in [3.05, 3.63) is 87.4 Å². The van der Waals surface area contributed by atoms with Crippen molar-refractivity contribution in [3.63, 3.8) is 0 Å².